The summed E-state index contributed by atoms with van der Waals surface area (Å²) in [7, 11) is 0. The summed E-state index contributed by atoms with van der Waals surface area (Å²) in [5.74, 6) is 0.0415. The molecule has 1 N–H and O–H groups in total. The van der Waals surface area contributed by atoms with E-state index in [0.29, 0.717) is 29.7 Å². The molecule has 2 aromatic rings. The Balaban J connectivity index is 1.37. The molecular formula is C25H26N2O4. The number of carbonyl (C=O) groups is 3. The molecule has 31 heavy (non-hydrogen) atoms. The zero-order valence-electron chi connectivity index (χ0n) is 17.6. The SMILES string of the molecule is Cc1ccc2c(c1)C(NC(=O)c1ccc3c(c1)C(=O)N(C1CCCCC1)C3=O)CCO2. The van der Waals surface area contributed by atoms with Crippen LogP contribution in [0.2, 0.25) is 0 Å². The van der Waals surface area contributed by atoms with Crippen molar-refractivity contribution < 1.29 is 19.1 Å². The number of nitrogens with one attached hydrogen (secondary N) is 1. The average molecular weight is 418 g/mol. The average Bonchev–Trinajstić information content (AvgIpc) is 3.04. The number of imide groups is 1. The lowest BCUT2D eigenvalue weighted by atomic mass is 9.94. The number of amides is 3. The summed E-state index contributed by atoms with van der Waals surface area (Å²) in [5.41, 5.74) is 3.21. The monoisotopic (exact) mass is 418 g/mol. The third-order valence-electron chi connectivity index (χ3n) is 6.63. The topological polar surface area (TPSA) is 75.7 Å². The zero-order valence-corrected chi connectivity index (χ0v) is 17.6. The van der Waals surface area contributed by atoms with Gasteiger partial charge in [0.1, 0.15) is 5.75 Å². The number of carbonyl (C=O) groups excluding carboxylic acids is 3. The van der Waals surface area contributed by atoms with E-state index in [0.717, 1.165) is 49.0 Å². The molecule has 5 rings (SSSR count). The van der Waals surface area contributed by atoms with Gasteiger partial charge in [-0.3, -0.25) is 19.3 Å². The summed E-state index contributed by atoms with van der Waals surface area (Å²) in [6.45, 7) is 2.55. The van der Waals surface area contributed by atoms with Crippen LogP contribution in [0.15, 0.2) is 36.4 Å². The van der Waals surface area contributed by atoms with Crippen LogP contribution < -0.4 is 10.1 Å². The molecule has 0 aromatic heterocycles. The van der Waals surface area contributed by atoms with Crippen molar-refractivity contribution in [2.45, 2.75) is 57.5 Å². The molecule has 2 heterocycles. The molecule has 1 atom stereocenters. The lowest BCUT2D eigenvalue weighted by molar-refractivity contribution is 0.0548. The molecule has 3 amide bonds. The molecule has 1 unspecified atom stereocenters. The van der Waals surface area contributed by atoms with Crippen molar-refractivity contribution in [1.82, 2.24) is 10.2 Å². The summed E-state index contributed by atoms with van der Waals surface area (Å²) < 4.78 is 5.71. The number of hydrogen-bond acceptors (Lipinski definition) is 4. The molecule has 3 aliphatic rings. The number of hydrogen-bond donors (Lipinski definition) is 1. The molecule has 0 spiro atoms. The minimum absolute atomic E-state index is 0.0274. The van der Waals surface area contributed by atoms with Crippen LogP contribution in [0, 0.1) is 6.92 Å². The van der Waals surface area contributed by atoms with Crippen LogP contribution in [0.4, 0.5) is 0 Å². The number of aryl methyl sites for hydroxylation is 1. The Morgan fingerprint density at radius 3 is 2.55 bits per heavy atom. The Labute approximate surface area is 181 Å². The Morgan fingerprint density at radius 1 is 0.968 bits per heavy atom. The maximum atomic E-state index is 13.0. The van der Waals surface area contributed by atoms with E-state index in [-0.39, 0.29) is 29.8 Å². The van der Waals surface area contributed by atoms with Gasteiger partial charge in [-0.15, -0.1) is 0 Å². The van der Waals surface area contributed by atoms with Gasteiger partial charge in [-0.05, 0) is 44.0 Å². The highest BCUT2D eigenvalue weighted by atomic mass is 16.5. The second kappa shape index (κ2) is 7.84. The van der Waals surface area contributed by atoms with Gasteiger partial charge in [0.05, 0.1) is 23.8 Å². The minimum Gasteiger partial charge on any atom is -0.493 e. The van der Waals surface area contributed by atoms with Crippen molar-refractivity contribution in [2.75, 3.05) is 6.61 Å². The minimum atomic E-state index is -0.270. The Morgan fingerprint density at radius 2 is 1.74 bits per heavy atom. The first-order chi connectivity index (χ1) is 15.0. The van der Waals surface area contributed by atoms with Gasteiger partial charge in [0, 0.05) is 23.6 Å². The maximum absolute atomic E-state index is 13.0. The van der Waals surface area contributed by atoms with E-state index in [2.05, 4.69) is 5.32 Å². The third kappa shape index (κ3) is 3.50. The fourth-order valence-corrected chi connectivity index (χ4v) is 4.98. The molecule has 1 fully saturated rings. The summed E-state index contributed by atoms with van der Waals surface area (Å²) in [5, 5.41) is 3.08. The highest BCUT2D eigenvalue weighted by Crippen LogP contribution is 2.34. The number of benzene rings is 2. The second-order valence-corrected chi connectivity index (χ2v) is 8.74. The van der Waals surface area contributed by atoms with Crippen molar-refractivity contribution in [2.24, 2.45) is 0 Å². The van der Waals surface area contributed by atoms with Crippen molar-refractivity contribution in [3.63, 3.8) is 0 Å². The first-order valence-corrected chi connectivity index (χ1v) is 11.1. The maximum Gasteiger partial charge on any atom is 0.261 e. The largest absolute Gasteiger partial charge is 0.493 e. The van der Waals surface area contributed by atoms with E-state index in [9.17, 15) is 14.4 Å². The molecular weight excluding hydrogens is 392 g/mol. The Kier molecular flexibility index (Phi) is 5.00. The van der Waals surface area contributed by atoms with Crippen LogP contribution in [-0.2, 0) is 0 Å². The van der Waals surface area contributed by atoms with E-state index in [1.165, 1.54) is 4.90 Å². The van der Waals surface area contributed by atoms with Crippen LogP contribution >= 0.6 is 0 Å². The molecule has 0 saturated heterocycles. The van der Waals surface area contributed by atoms with Gasteiger partial charge in [-0.1, -0.05) is 37.0 Å². The van der Waals surface area contributed by atoms with Gasteiger partial charge >= 0.3 is 0 Å². The van der Waals surface area contributed by atoms with Crippen LogP contribution in [0.25, 0.3) is 0 Å². The van der Waals surface area contributed by atoms with Crippen LogP contribution in [0.3, 0.4) is 0 Å². The molecule has 0 bridgehead atoms. The van der Waals surface area contributed by atoms with Gasteiger partial charge in [-0.2, -0.15) is 0 Å². The standard InChI is InChI=1S/C25H26N2O4/c1-15-7-10-22-20(13-15)21(11-12-31-22)26-23(28)16-8-9-18-19(14-16)25(30)27(24(18)29)17-5-3-2-4-6-17/h7-10,13-14,17,21H,2-6,11-12H2,1H3,(H,26,28). The van der Waals surface area contributed by atoms with E-state index in [1.807, 2.05) is 25.1 Å². The molecule has 6 heteroatoms. The number of ether oxygens (including phenoxy) is 1. The molecule has 2 aliphatic heterocycles. The molecule has 160 valence electrons. The number of fused-ring (bicyclic) bond motifs is 2. The van der Waals surface area contributed by atoms with E-state index in [1.54, 1.807) is 18.2 Å². The van der Waals surface area contributed by atoms with Crippen LogP contribution in [-0.4, -0.2) is 35.3 Å². The first kappa shape index (κ1) is 19.8. The van der Waals surface area contributed by atoms with Crippen molar-refractivity contribution in [1.29, 1.82) is 0 Å². The molecule has 0 radical (unpaired) electrons. The molecule has 1 saturated carbocycles. The summed E-state index contributed by atoms with van der Waals surface area (Å²) in [4.78, 5) is 40.3. The predicted molar refractivity (Wildman–Crippen MR) is 115 cm³/mol. The van der Waals surface area contributed by atoms with Gasteiger partial charge in [0.15, 0.2) is 0 Å². The van der Waals surface area contributed by atoms with Gasteiger partial charge in [-0.25, -0.2) is 0 Å². The van der Waals surface area contributed by atoms with E-state index >= 15 is 0 Å². The zero-order chi connectivity index (χ0) is 21.5. The van der Waals surface area contributed by atoms with Crippen molar-refractivity contribution >= 4 is 17.7 Å². The van der Waals surface area contributed by atoms with Gasteiger partial charge in [0.2, 0.25) is 0 Å². The fraction of sp³-hybridized carbons (Fsp3) is 0.400. The highest BCUT2D eigenvalue weighted by molar-refractivity contribution is 6.22. The van der Waals surface area contributed by atoms with E-state index in [4.69, 9.17) is 4.74 Å². The lowest BCUT2D eigenvalue weighted by Gasteiger charge is -2.29. The summed E-state index contributed by atoms with van der Waals surface area (Å²) in [6.07, 6.45) is 5.64. The third-order valence-corrected chi connectivity index (χ3v) is 6.63. The summed E-state index contributed by atoms with van der Waals surface area (Å²) >= 11 is 0. The lowest BCUT2D eigenvalue weighted by Crippen LogP contribution is -2.40. The predicted octanol–water partition coefficient (Wildman–Crippen LogP) is 4.18. The molecule has 6 nitrogen and oxygen atoms in total. The van der Waals surface area contributed by atoms with E-state index < -0.39 is 0 Å². The highest BCUT2D eigenvalue weighted by Gasteiger charge is 2.40. The number of nitrogens with zero attached hydrogens (tertiary/aromatic N) is 1. The van der Waals surface area contributed by atoms with Crippen LogP contribution in [0.1, 0.15) is 86.8 Å². The normalized spacial score (nSPS) is 20.8. The quantitative estimate of drug-likeness (QED) is 0.759. The molecule has 1 aliphatic carbocycles. The van der Waals surface area contributed by atoms with Gasteiger partial charge < -0.3 is 10.1 Å². The molecule has 2 aromatic carbocycles. The fourth-order valence-electron chi connectivity index (χ4n) is 4.98. The smallest absolute Gasteiger partial charge is 0.261 e. The Hall–Kier alpha value is -3.15. The van der Waals surface area contributed by atoms with Crippen molar-refractivity contribution in [3.05, 3.63) is 64.2 Å². The summed E-state index contributed by atoms with van der Waals surface area (Å²) in [6, 6.07) is 10.6. The van der Waals surface area contributed by atoms with Crippen LogP contribution in [0.5, 0.6) is 5.75 Å². The second-order valence-electron chi connectivity index (χ2n) is 8.74. The Bertz CT molecular complexity index is 1070. The van der Waals surface area contributed by atoms with Crippen molar-refractivity contribution in [3.8, 4) is 5.75 Å². The number of rotatable bonds is 3. The van der Waals surface area contributed by atoms with Gasteiger partial charge in [0.25, 0.3) is 17.7 Å². The first-order valence-electron chi connectivity index (χ1n) is 11.1.